The van der Waals surface area contributed by atoms with Gasteiger partial charge in [0.15, 0.2) is 0 Å². The third-order valence-corrected chi connectivity index (χ3v) is 11.6. The topological polar surface area (TPSA) is 114 Å². The van der Waals surface area contributed by atoms with Crippen molar-refractivity contribution in [1.82, 2.24) is 0 Å². The van der Waals surface area contributed by atoms with Gasteiger partial charge >= 0.3 is 48.9 Å². The molecule has 0 atom stereocenters. The molecule has 0 N–H and O–H groups in total. The minimum atomic E-state index is -4.42. The second kappa shape index (κ2) is 25.1. The Hall–Kier alpha value is -1.21. The molecule has 0 saturated heterocycles. The maximum Gasteiger partial charge on any atom is 2.00 e. The third-order valence-electron chi connectivity index (χ3n) is 9.95. The Morgan fingerprint density at radius 3 is 1.04 bits per heavy atom. The predicted molar refractivity (Wildman–Crippen MR) is 221 cm³/mol. The summed E-state index contributed by atoms with van der Waals surface area (Å²) >= 11 is 0. The molecule has 0 amide bonds. The van der Waals surface area contributed by atoms with Crippen LogP contribution < -0.4 is 0 Å². The molecule has 0 aliphatic carbocycles. The van der Waals surface area contributed by atoms with Crippen LogP contribution in [0.5, 0.6) is 0 Å². The molecular weight excluding hydrogens is 826 g/mol. The van der Waals surface area contributed by atoms with E-state index in [9.17, 15) is 25.9 Å². The fraction of sp³-hybridized carbons (Fsp3) is 0.545. The molecule has 0 aromatic heterocycles. The number of benzene rings is 4. The van der Waals surface area contributed by atoms with Crippen molar-refractivity contribution in [2.45, 2.75) is 166 Å². The molecule has 4 aromatic carbocycles. The first-order valence-electron chi connectivity index (χ1n) is 19.9. The van der Waals surface area contributed by atoms with E-state index in [0.717, 1.165) is 72.9 Å². The van der Waals surface area contributed by atoms with Gasteiger partial charge in [-0.3, -0.25) is 0 Å². The summed E-state index contributed by atoms with van der Waals surface area (Å²) in [7, 11) is -8.84. The van der Waals surface area contributed by atoms with E-state index in [2.05, 4.69) is 52.0 Å². The van der Waals surface area contributed by atoms with E-state index in [1.54, 1.807) is 24.3 Å². The van der Waals surface area contributed by atoms with Crippen molar-refractivity contribution < 1.29 is 25.9 Å². The molecule has 0 unspecified atom stereocenters. The average Bonchev–Trinajstić information content (AvgIpc) is 3.11. The molecule has 4 rings (SSSR count). The Morgan fingerprint density at radius 2 is 0.736 bits per heavy atom. The zero-order valence-corrected chi connectivity index (χ0v) is 39.0. The van der Waals surface area contributed by atoms with Crippen LogP contribution in [0, 0.1) is 0 Å². The first-order chi connectivity index (χ1) is 24.9. The fourth-order valence-corrected chi connectivity index (χ4v) is 8.01. The van der Waals surface area contributed by atoms with Crippen LogP contribution in [0.4, 0.5) is 0 Å². The van der Waals surface area contributed by atoms with Crippen LogP contribution in [0.2, 0.25) is 0 Å². The molecule has 0 bridgehead atoms. The Bertz CT molecular complexity index is 1770. The standard InChI is InChI=1S/2C22H32O3S.Ba/c2*1-3-5-7-9-11-18-15-19(12-10-8-6-4-2)22-14-13-21(26(23,24)25)17-20(22)16-18;/h2*13-17H,3-12H2,1-2H3,(H,23,24,25);/q;;+2/p-2. The summed E-state index contributed by atoms with van der Waals surface area (Å²) < 4.78 is 68.3. The van der Waals surface area contributed by atoms with Gasteiger partial charge in [-0.1, -0.05) is 141 Å². The summed E-state index contributed by atoms with van der Waals surface area (Å²) in [6, 6.07) is 18.3. The second-order valence-electron chi connectivity index (χ2n) is 14.4. The zero-order chi connectivity index (χ0) is 38.0. The Kier molecular flexibility index (Phi) is 22.7. The molecule has 0 heterocycles. The van der Waals surface area contributed by atoms with E-state index in [4.69, 9.17) is 0 Å². The molecule has 6 nitrogen and oxygen atoms in total. The van der Waals surface area contributed by atoms with Crippen molar-refractivity contribution in [3.8, 4) is 0 Å². The van der Waals surface area contributed by atoms with E-state index < -0.39 is 20.2 Å². The number of fused-ring (bicyclic) bond motifs is 2. The van der Waals surface area contributed by atoms with Crippen LogP contribution in [0.25, 0.3) is 21.5 Å². The Morgan fingerprint density at radius 1 is 0.415 bits per heavy atom. The molecule has 9 heteroatoms. The van der Waals surface area contributed by atoms with Gasteiger partial charge in [-0.15, -0.1) is 0 Å². The molecule has 0 spiro atoms. The quantitative estimate of drug-likeness (QED) is 0.0441. The van der Waals surface area contributed by atoms with E-state index in [1.807, 2.05) is 0 Å². The van der Waals surface area contributed by atoms with Crippen LogP contribution >= 0.6 is 0 Å². The fourth-order valence-electron chi connectivity index (χ4n) is 7.00. The Balaban J connectivity index is 0.000000360. The molecule has 0 fully saturated rings. The summed E-state index contributed by atoms with van der Waals surface area (Å²) in [5.41, 5.74) is 5.05. The molecule has 0 aliphatic heterocycles. The maximum absolute atomic E-state index is 11.4. The van der Waals surface area contributed by atoms with Crippen molar-refractivity contribution in [1.29, 1.82) is 0 Å². The number of unbranched alkanes of at least 4 members (excludes halogenated alkanes) is 12. The second-order valence-corrected chi connectivity index (χ2v) is 17.2. The zero-order valence-electron chi connectivity index (χ0n) is 32.9. The summed E-state index contributed by atoms with van der Waals surface area (Å²) in [6.45, 7) is 8.82. The molecule has 0 aliphatic rings. The maximum atomic E-state index is 11.4. The summed E-state index contributed by atoms with van der Waals surface area (Å²) in [5, 5.41) is 3.90. The third kappa shape index (κ3) is 16.8. The van der Waals surface area contributed by atoms with Gasteiger partial charge in [0, 0.05) is 0 Å². The number of aryl methyl sites for hydroxylation is 4. The molecule has 0 saturated carbocycles. The SMILES string of the molecule is CCCCCCc1cc(CCCCCC)c2ccc(S(=O)(=O)[O-])cc2c1.CCCCCCc1cc(CCCCCC)c2ccc(S(=O)(=O)[O-])cc2c1.[Ba+2]. The van der Waals surface area contributed by atoms with Crippen molar-refractivity contribution in [3.63, 3.8) is 0 Å². The van der Waals surface area contributed by atoms with E-state index in [1.165, 1.54) is 111 Å². The first-order valence-corrected chi connectivity index (χ1v) is 22.8. The molecule has 0 radical (unpaired) electrons. The predicted octanol–water partition coefficient (Wildman–Crippen LogP) is 11.6. The van der Waals surface area contributed by atoms with Crippen LogP contribution in [-0.4, -0.2) is 74.8 Å². The van der Waals surface area contributed by atoms with Crippen molar-refractivity contribution in [3.05, 3.63) is 82.9 Å². The van der Waals surface area contributed by atoms with Gasteiger partial charge < -0.3 is 9.11 Å². The van der Waals surface area contributed by atoms with Crippen LogP contribution in [-0.2, 0) is 45.9 Å². The number of rotatable bonds is 22. The van der Waals surface area contributed by atoms with Gasteiger partial charge in [-0.25, -0.2) is 16.8 Å². The van der Waals surface area contributed by atoms with E-state index in [0.29, 0.717) is 0 Å². The number of hydrogen-bond acceptors (Lipinski definition) is 6. The molecule has 53 heavy (non-hydrogen) atoms. The smallest absolute Gasteiger partial charge is 0.744 e. The average molecular weight is 888 g/mol. The van der Waals surface area contributed by atoms with Gasteiger partial charge in [-0.2, -0.15) is 0 Å². The summed E-state index contributed by atoms with van der Waals surface area (Å²) in [6.07, 6.45) is 23.3. The summed E-state index contributed by atoms with van der Waals surface area (Å²) in [5.74, 6) is 0. The first kappa shape index (κ1) is 47.9. The molecule has 288 valence electrons. The van der Waals surface area contributed by atoms with Gasteiger partial charge in [0.2, 0.25) is 0 Å². The van der Waals surface area contributed by atoms with Crippen molar-refractivity contribution in [2.24, 2.45) is 0 Å². The van der Waals surface area contributed by atoms with Gasteiger partial charge in [-0.05, 0) is 119 Å². The monoisotopic (exact) mass is 888 g/mol. The van der Waals surface area contributed by atoms with Crippen LogP contribution in [0.15, 0.2) is 70.5 Å². The largest absolute Gasteiger partial charge is 2.00 e. The normalized spacial score (nSPS) is 11.7. The van der Waals surface area contributed by atoms with Gasteiger partial charge in [0.05, 0.1) is 9.79 Å². The Labute approximate surface area is 361 Å². The van der Waals surface area contributed by atoms with E-state index >= 15 is 0 Å². The van der Waals surface area contributed by atoms with Gasteiger partial charge in [0.25, 0.3) is 0 Å². The van der Waals surface area contributed by atoms with Crippen molar-refractivity contribution in [2.75, 3.05) is 0 Å². The minimum Gasteiger partial charge on any atom is -0.744 e. The van der Waals surface area contributed by atoms with E-state index in [-0.39, 0.29) is 58.7 Å². The molecule has 4 aromatic rings. The molecular formula is C44H62BaO6S2. The number of hydrogen-bond donors (Lipinski definition) is 0. The van der Waals surface area contributed by atoms with Crippen LogP contribution in [0.3, 0.4) is 0 Å². The van der Waals surface area contributed by atoms with Gasteiger partial charge in [0.1, 0.15) is 20.2 Å². The van der Waals surface area contributed by atoms with Crippen LogP contribution in [0.1, 0.15) is 153 Å². The van der Waals surface area contributed by atoms with Crippen molar-refractivity contribution >= 4 is 90.7 Å². The summed E-state index contributed by atoms with van der Waals surface area (Å²) in [4.78, 5) is -0.268. The minimum absolute atomic E-state index is 0.